The molecule has 4 heteroatoms. The van der Waals surface area contributed by atoms with Gasteiger partial charge < -0.3 is 14.7 Å². The Morgan fingerprint density at radius 2 is 2.30 bits per heavy atom. The van der Waals surface area contributed by atoms with Crippen LogP contribution in [0, 0.1) is 11.8 Å². The second kappa shape index (κ2) is 6.08. The van der Waals surface area contributed by atoms with Crippen LogP contribution in [-0.4, -0.2) is 47.8 Å². The normalized spacial score (nSPS) is 17.2. The minimum atomic E-state index is -0.303. The molecule has 0 bridgehead atoms. The molecule has 1 aromatic rings. The third-order valence-corrected chi connectivity index (χ3v) is 3.13. The summed E-state index contributed by atoms with van der Waals surface area (Å²) in [7, 11) is 0. The van der Waals surface area contributed by atoms with E-state index in [1.165, 1.54) is 0 Å². The number of benzene rings is 1. The summed E-state index contributed by atoms with van der Waals surface area (Å²) in [6.07, 6.45) is 0. The zero-order chi connectivity index (χ0) is 14.6. The van der Waals surface area contributed by atoms with Crippen LogP contribution in [0.15, 0.2) is 24.3 Å². The highest BCUT2D eigenvalue weighted by Crippen LogP contribution is 2.18. The molecule has 1 aliphatic rings. The molecule has 1 heterocycles. The third-order valence-electron chi connectivity index (χ3n) is 3.13. The van der Waals surface area contributed by atoms with E-state index in [1.54, 1.807) is 18.2 Å². The first kappa shape index (κ1) is 14.6. The van der Waals surface area contributed by atoms with Gasteiger partial charge in [-0.2, -0.15) is 0 Å². The highest BCUT2D eigenvalue weighted by Gasteiger charge is 2.30. The van der Waals surface area contributed by atoms with Crippen LogP contribution in [0.5, 0.6) is 0 Å². The smallest absolute Gasteiger partial charge is 0.254 e. The van der Waals surface area contributed by atoms with Crippen molar-refractivity contribution >= 4 is 5.91 Å². The molecule has 20 heavy (non-hydrogen) atoms. The predicted molar refractivity (Wildman–Crippen MR) is 76.3 cm³/mol. The zero-order valence-corrected chi connectivity index (χ0v) is 11.8. The Morgan fingerprint density at radius 1 is 1.50 bits per heavy atom. The van der Waals surface area contributed by atoms with Gasteiger partial charge in [-0.1, -0.05) is 17.9 Å². The summed E-state index contributed by atoms with van der Waals surface area (Å²) in [6.45, 7) is 5.52. The number of morpholine rings is 1. The maximum Gasteiger partial charge on any atom is 0.254 e. The van der Waals surface area contributed by atoms with E-state index in [9.17, 15) is 4.79 Å². The van der Waals surface area contributed by atoms with Gasteiger partial charge in [0.1, 0.15) is 6.61 Å². The first-order chi connectivity index (χ1) is 9.52. The number of hydrogen-bond donors (Lipinski definition) is 1. The Kier molecular flexibility index (Phi) is 4.43. The fourth-order valence-corrected chi connectivity index (χ4v) is 2.24. The Bertz CT molecular complexity index is 554. The van der Waals surface area contributed by atoms with E-state index < -0.39 is 0 Å². The highest BCUT2D eigenvalue weighted by molar-refractivity contribution is 5.94. The Labute approximate surface area is 119 Å². The molecule has 1 saturated heterocycles. The number of carbonyl (C=O) groups excluding carboxylic acids is 1. The molecule has 0 aromatic heterocycles. The molecule has 4 nitrogen and oxygen atoms in total. The topological polar surface area (TPSA) is 49.8 Å². The second-order valence-electron chi connectivity index (χ2n) is 5.38. The van der Waals surface area contributed by atoms with Crippen LogP contribution in [0.25, 0.3) is 0 Å². The molecule has 0 unspecified atom stereocenters. The Balaban J connectivity index is 2.16. The Hall–Kier alpha value is -1.83. The van der Waals surface area contributed by atoms with Crippen LogP contribution in [0.3, 0.4) is 0 Å². The lowest BCUT2D eigenvalue weighted by Gasteiger charge is -2.38. The van der Waals surface area contributed by atoms with Crippen molar-refractivity contribution in [1.82, 2.24) is 4.90 Å². The summed E-state index contributed by atoms with van der Waals surface area (Å²) >= 11 is 0. The lowest BCUT2D eigenvalue weighted by atomic mass is 10.1. The molecule has 0 atom stereocenters. The van der Waals surface area contributed by atoms with Crippen LogP contribution in [0.4, 0.5) is 0 Å². The van der Waals surface area contributed by atoms with Crippen LogP contribution < -0.4 is 0 Å². The minimum absolute atomic E-state index is 0.00553. The van der Waals surface area contributed by atoms with E-state index >= 15 is 0 Å². The summed E-state index contributed by atoms with van der Waals surface area (Å²) in [5, 5.41) is 8.70. The molecule has 1 amide bonds. The third kappa shape index (κ3) is 3.60. The maximum absolute atomic E-state index is 12.5. The summed E-state index contributed by atoms with van der Waals surface area (Å²) in [4.78, 5) is 14.3. The zero-order valence-electron chi connectivity index (χ0n) is 11.8. The molecule has 1 fully saturated rings. The molecule has 106 valence electrons. The van der Waals surface area contributed by atoms with Gasteiger partial charge in [0.05, 0.1) is 12.2 Å². The van der Waals surface area contributed by atoms with E-state index in [4.69, 9.17) is 9.84 Å². The summed E-state index contributed by atoms with van der Waals surface area (Å²) < 4.78 is 5.61. The average Bonchev–Trinajstić information content (AvgIpc) is 2.43. The number of hydrogen-bond acceptors (Lipinski definition) is 3. The van der Waals surface area contributed by atoms with Gasteiger partial charge in [0.2, 0.25) is 0 Å². The number of nitrogens with zero attached hydrogens (tertiary/aromatic N) is 1. The quantitative estimate of drug-likeness (QED) is 0.784. The van der Waals surface area contributed by atoms with Gasteiger partial charge in [0, 0.05) is 24.2 Å². The highest BCUT2D eigenvalue weighted by atomic mass is 16.5. The number of aliphatic hydroxyl groups excluding tert-OH is 1. The number of ether oxygens (including phenoxy) is 1. The van der Waals surface area contributed by atoms with Crippen molar-refractivity contribution in [2.75, 3.05) is 26.3 Å². The fraction of sp³-hybridized carbons (Fsp3) is 0.438. The molecule has 1 aromatic carbocycles. The lowest BCUT2D eigenvalue weighted by Crippen LogP contribution is -2.50. The van der Waals surface area contributed by atoms with E-state index in [-0.39, 0.29) is 18.1 Å². The van der Waals surface area contributed by atoms with Gasteiger partial charge in [0.15, 0.2) is 0 Å². The van der Waals surface area contributed by atoms with Crippen molar-refractivity contribution in [3.8, 4) is 11.8 Å². The number of rotatable bonds is 1. The van der Waals surface area contributed by atoms with Crippen LogP contribution in [-0.2, 0) is 4.74 Å². The maximum atomic E-state index is 12.5. The predicted octanol–water partition coefficient (Wildman–Crippen LogP) is 1.28. The van der Waals surface area contributed by atoms with Crippen LogP contribution in [0.2, 0.25) is 0 Å². The SMILES string of the molecule is CC1(C)CN(C(=O)c2cccc(C#CCO)c2)CCO1. The second-order valence-corrected chi connectivity index (χ2v) is 5.38. The summed E-state index contributed by atoms with van der Waals surface area (Å²) in [5.41, 5.74) is 1.05. The van der Waals surface area contributed by atoms with Gasteiger partial charge in [-0.3, -0.25) is 4.79 Å². The Morgan fingerprint density at radius 3 is 3.00 bits per heavy atom. The number of amides is 1. The van der Waals surface area contributed by atoms with Crippen molar-refractivity contribution in [3.63, 3.8) is 0 Å². The molecule has 1 N–H and O–H groups in total. The van der Waals surface area contributed by atoms with Gasteiger partial charge in [-0.05, 0) is 32.0 Å². The first-order valence-corrected chi connectivity index (χ1v) is 6.65. The standard InChI is InChI=1S/C16H19NO3/c1-16(2)12-17(8-10-20-16)15(19)14-7-3-5-13(11-14)6-4-9-18/h3,5,7,11,18H,8-10,12H2,1-2H3. The lowest BCUT2D eigenvalue weighted by molar-refractivity contribution is -0.0764. The van der Waals surface area contributed by atoms with E-state index in [0.717, 1.165) is 5.56 Å². The average molecular weight is 273 g/mol. The van der Waals surface area contributed by atoms with Gasteiger partial charge in [0.25, 0.3) is 5.91 Å². The number of carbonyl (C=O) groups is 1. The molecular formula is C16H19NO3. The van der Waals surface area contributed by atoms with Gasteiger partial charge in [-0.15, -0.1) is 0 Å². The molecule has 2 rings (SSSR count). The van der Waals surface area contributed by atoms with Crippen molar-refractivity contribution < 1.29 is 14.6 Å². The molecule has 0 radical (unpaired) electrons. The first-order valence-electron chi connectivity index (χ1n) is 6.65. The fourth-order valence-electron chi connectivity index (χ4n) is 2.24. The largest absolute Gasteiger partial charge is 0.384 e. The van der Waals surface area contributed by atoms with Gasteiger partial charge in [-0.25, -0.2) is 0 Å². The molecule has 0 saturated carbocycles. The van der Waals surface area contributed by atoms with Crippen molar-refractivity contribution in [3.05, 3.63) is 35.4 Å². The molecule has 0 aliphatic carbocycles. The van der Waals surface area contributed by atoms with Crippen LogP contribution in [0.1, 0.15) is 29.8 Å². The van der Waals surface area contributed by atoms with E-state index in [2.05, 4.69) is 11.8 Å². The molecular weight excluding hydrogens is 254 g/mol. The van der Waals surface area contributed by atoms with Gasteiger partial charge >= 0.3 is 0 Å². The van der Waals surface area contributed by atoms with E-state index in [1.807, 2.05) is 24.8 Å². The summed E-state index contributed by atoms with van der Waals surface area (Å²) in [5.74, 6) is 5.39. The summed E-state index contributed by atoms with van der Waals surface area (Å²) in [6, 6.07) is 7.17. The number of aliphatic hydroxyl groups is 1. The minimum Gasteiger partial charge on any atom is -0.384 e. The monoisotopic (exact) mass is 273 g/mol. The van der Waals surface area contributed by atoms with Crippen molar-refractivity contribution in [1.29, 1.82) is 0 Å². The molecule has 1 aliphatic heterocycles. The molecule has 0 spiro atoms. The van der Waals surface area contributed by atoms with Crippen LogP contribution >= 0.6 is 0 Å². The van der Waals surface area contributed by atoms with E-state index in [0.29, 0.717) is 25.3 Å². The van der Waals surface area contributed by atoms with Crippen molar-refractivity contribution in [2.45, 2.75) is 19.4 Å². The van der Waals surface area contributed by atoms with Crippen molar-refractivity contribution in [2.24, 2.45) is 0 Å².